The third-order valence-corrected chi connectivity index (χ3v) is 2.69. The van der Waals surface area contributed by atoms with Gasteiger partial charge in [-0.25, -0.2) is 0 Å². The van der Waals surface area contributed by atoms with Gasteiger partial charge in [0.15, 0.2) is 0 Å². The first-order chi connectivity index (χ1) is 8.69. The van der Waals surface area contributed by atoms with E-state index in [9.17, 15) is 4.79 Å². The molecular formula is C14H12ClNO2. The van der Waals surface area contributed by atoms with Crippen LogP contribution in [0.2, 0.25) is 5.02 Å². The van der Waals surface area contributed by atoms with Crippen molar-refractivity contribution in [2.24, 2.45) is 0 Å². The predicted molar refractivity (Wildman–Crippen MR) is 72.0 cm³/mol. The maximum atomic E-state index is 10.6. The Labute approximate surface area is 110 Å². The van der Waals surface area contributed by atoms with Crippen molar-refractivity contribution in [1.82, 2.24) is 0 Å². The van der Waals surface area contributed by atoms with E-state index in [1.54, 1.807) is 24.3 Å². The molecule has 0 unspecified atom stereocenters. The summed E-state index contributed by atoms with van der Waals surface area (Å²) in [5.41, 5.74) is 7.72. The summed E-state index contributed by atoms with van der Waals surface area (Å²) >= 11 is 5.88. The van der Waals surface area contributed by atoms with Gasteiger partial charge in [-0.15, -0.1) is 0 Å². The Kier molecular flexibility index (Phi) is 3.85. The third kappa shape index (κ3) is 3.02. The predicted octanol–water partition coefficient (Wildman–Crippen LogP) is 3.31. The van der Waals surface area contributed by atoms with Gasteiger partial charge >= 0.3 is 0 Å². The SMILES string of the molecule is Nc1cc(C=O)ccc1OCc1cccc(Cl)c1. The lowest BCUT2D eigenvalue weighted by Crippen LogP contribution is -1.99. The highest BCUT2D eigenvalue weighted by molar-refractivity contribution is 6.30. The summed E-state index contributed by atoms with van der Waals surface area (Å²) in [6.45, 7) is 0.380. The van der Waals surface area contributed by atoms with Crippen LogP contribution in [0.4, 0.5) is 5.69 Å². The molecular weight excluding hydrogens is 250 g/mol. The second-order valence-electron chi connectivity index (χ2n) is 3.83. The molecule has 2 aromatic carbocycles. The minimum Gasteiger partial charge on any atom is -0.487 e. The zero-order chi connectivity index (χ0) is 13.0. The molecule has 0 spiro atoms. The second-order valence-corrected chi connectivity index (χ2v) is 4.27. The topological polar surface area (TPSA) is 52.3 Å². The van der Waals surface area contributed by atoms with Crippen LogP contribution in [0.3, 0.4) is 0 Å². The first-order valence-corrected chi connectivity index (χ1v) is 5.79. The average molecular weight is 262 g/mol. The van der Waals surface area contributed by atoms with E-state index in [4.69, 9.17) is 22.1 Å². The van der Waals surface area contributed by atoms with Gasteiger partial charge < -0.3 is 10.5 Å². The Bertz CT molecular complexity index is 569. The molecule has 3 nitrogen and oxygen atoms in total. The van der Waals surface area contributed by atoms with Crippen LogP contribution in [0.1, 0.15) is 15.9 Å². The number of ether oxygens (including phenoxy) is 1. The number of carbonyl (C=O) groups excluding carboxylic acids is 1. The quantitative estimate of drug-likeness (QED) is 0.679. The third-order valence-electron chi connectivity index (χ3n) is 2.45. The maximum Gasteiger partial charge on any atom is 0.150 e. The van der Waals surface area contributed by atoms with Crippen LogP contribution < -0.4 is 10.5 Å². The summed E-state index contributed by atoms with van der Waals surface area (Å²) in [4.78, 5) is 10.6. The van der Waals surface area contributed by atoms with Gasteiger partial charge in [0.05, 0.1) is 5.69 Å². The smallest absolute Gasteiger partial charge is 0.150 e. The van der Waals surface area contributed by atoms with Gasteiger partial charge in [0.25, 0.3) is 0 Å². The Hall–Kier alpha value is -2.00. The number of carbonyl (C=O) groups is 1. The normalized spacial score (nSPS) is 10.1. The van der Waals surface area contributed by atoms with E-state index < -0.39 is 0 Å². The monoisotopic (exact) mass is 261 g/mol. The van der Waals surface area contributed by atoms with Crippen LogP contribution in [0.5, 0.6) is 5.75 Å². The summed E-state index contributed by atoms with van der Waals surface area (Å²) in [6.07, 6.45) is 0.747. The molecule has 2 rings (SSSR count). The lowest BCUT2D eigenvalue weighted by molar-refractivity contribution is 0.112. The molecule has 0 saturated carbocycles. The van der Waals surface area contributed by atoms with E-state index in [1.807, 2.05) is 18.2 Å². The van der Waals surface area contributed by atoms with Crippen molar-refractivity contribution in [2.75, 3.05) is 5.73 Å². The zero-order valence-corrected chi connectivity index (χ0v) is 10.4. The van der Waals surface area contributed by atoms with Crippen LogP contribution in [-0.4, -0.2) is 6.29 Å². The van der Waals surface area contributed by atoms with Crippen LogP contribution in [0.15, 0.2) is 42.5 Å². The van der Waals surface area contributed by atoms with Gasteiger partial charge in [-0.1, -0.05) is 23.7 Å². The van der Waals surface area contributed by atoms with E-state index in [-0.39, 0.29) is 0 Å². The van der Waals surface area contributed by atoms with Gasteiger partial charge in [0, 0.05) is 10.6 Å². The van der Waals surface area contributed by atoms with E-state index in [0.717, 1.165) is 11.8 Å². The number of anilines is 1. The molecule has 2 N–H and O–H groups in total. The number of hydrogen-bond acceptors (Lipinski definition) is 3. The molecule has 0 saturated heterocycles. The Morgan fingerprint density at radius 2 is 2.06 bits per heavy atom. The number of benzene rings is 2. The maximum absolute atomic E-state index is 10.6. The number of aldehydes is 1. The van der Waals surface area contributed by atoms with Gasteiger partial charge in [0.1, 0.15) is 18.6 Å². The zero-order valence-electron chi connectivity index (χ0n) is 9.60. The molecule has 0 radical (unpaired) electrons. The fourth-order valence-electron chi connectivity index (χ4n) is 1.56. The van der Waals surface area contributed by atoms with Crippen molar-refractivity contribution in [3.63, 3.8) is 0 Å². The standard InChI is InChI=1S/C14H12ClNO2/c15-12-3-1-2-11(6-12)9-18-14-5-4-10(8-17)7-13(14)16/h1-8H,9,16H2. The van der Waals surface area contributed by atoms with E-state index in [2.05, 4.69) is 0 Å². The van der Waals surface area contributed by atoms with E-state index >= 15 is 0 Å². The first-order valence-electron chi connectivity index (χ1n) is 5.41. The highest BCUT2D eigenvalue weighted by atomic mass is 35.5. The van der Waals surface area contributed by atoms with Crippen molar-refractivity contribution in [2.45, 2.75) is 6.61 Å². The molecule has 0 aliphatic rings. The van der Waals surface area contributed by atoms with Crippen molar-refractivity contribution in [1.29, 1.82) is 0 Å². The van der Waals surface area contributed by atoms with Gasteiger partial charge in [-0.3, -0.25) is 4.79 Å². The Balaban J connectivity index is 2.08. The number of nitrogen functional groups attached to an aromatic ring is 1. The molecule has 18 heavy (non-hydrogen) atoms. The molecule has 0 fully saturated rings. The van der Waals surface area contributed by atoms with E-state index in [1.165, 1.54) is 0 Å². The van der Waals surface area contributed by atoms with Crippen molar-refractivity contribution < 1.29 is 9.53 Å². The molecule has 0 aliphatic heterocycles. The lowest BCUT2D eigenvalue weighted by atomic mass is 10.2. The highest BCUT2D eigenvalue weighted by Gasteiger charge is 2.02. The summed E-state index contributed by atoms with van der Waals surface area (Å²) in [5, 5.41) is 0.667. The van der Waals surface area contributed by atoms with Crippen LogP contribution in [-0.2, 0) is 6.61 Å². The van der Waals surface area contributed by atoms with Crippen LogP contribution in [0, 0.1) is 0 Å². The number of nitrogens with two attached hydrogens (primary N) is 1. The summed E-state index contributed by atoms with van der Waals surface area (Å²) in [7, 11) is 0. The number of hydrogen-bond donors (Lipinski definition) is 1. The van der Waals surface area contributed by atoms with Gasteiger partial charge in [-0.2, -0.15) is 0 Å². The molecule has 0 aliphatic carbocycles. The minimum absolute atomic E-state index is 0.380. The van der Waals surface area contributed by atoms with Crippen molar-refractivity contribution in [3.05, 3.63) is 58.6 Å². The Morgan fingerprint density at radius 3 is 2.72 bits per heavy atom. The molecule has 0 aromatic heterocycles. The number of rotatable bonds is 4. The summed E-state index contributed by atoms with van der Waals surface area (Å²) < 4.78 is 5.58. The first kappa shape index (κ1) is 12.5. The van der Waals surface area contributed by atoms with Crippen molar-refractivity contribution >= 4 is 23.6 Å². The molecule has 2 aromatic rings. The molecule has 0 atom stereocenters. The van der Waals surface area contributed by atoms with E-state index in [0.29, 0.717) is 28.6 Å². The lowest BCUT2D eigenvalue weighted by Gasteiger charge is -2.09. The Morgan fingerprint density at radius 1 is 1.22 bits per heavy atom. The molecule has 4 heteroatoms. The van der Waals surface area contributed by atoms with Crippen LogP contribution >= 0.6 is 11.6 Å². The van der Waals surface area contributed by atoms with Crippen LogP contribution in [0.25, 0.3) is 0 Å². The molecule has 0 amide bonds. The average Bonchev–Trinajstić information content (AvgIpc) is 2.37. The second kappa shape index (κ2) is 5.56. The summed E-state index contributed by atoms with van der Waals surface area (Å²) in [5.74, 6) is 0.556. The number of halogens is 1. The molecule has 0 heterocycles. The minimum atomic E-state index is 0.380. The summed E-state index contributed by atoms with van der Waals surface area (Å²) in [6, 6.07) is 12.3. The van der Waals surface area contributed by atoms with Gasteiger partial charge in [0.2, 0.25) is 0 Å². The fourth-order valence-corrected chi connectivity index (χ4v) is 1.77. The molecule has 0 bridgehead atoms. The largest absolute Gasteiger partial charge is 0.487 e. The van der Waals surface area contributed by atoms with Crippen molar-refractivity contribution in [3.8, 4) is 5.75 Å². The fraction of sp³-hybridized carbons (Fsp3) is 0.0714. The molecule has 92 valence electrons. The highest BCUT2D eigenvalue weighted by Crippen LogP contribution is 2.23. The van der Waals surface area contributed by atoms with Gasteiger partial charge in [-0.05, 0) is 35.9 Å².